The van der Waals surface area contributed by atoms with Crippen molar-refractivity contribution in [2.75, 3.05) is 6.61 Å². The van der Waals surface area contributed by atoms with Crippen molar-refractivity contribution in [3.05, 3.63) is 23.2 Å². The van der Waals surface area contributed by atoms with E-state index in [1.165, 1.54) is 22.5 Å². The summed E-state index contributed by atoms with van der Waals surface area (Å²) in [5.74, 6) is 0.924. The van der Waals surface area contributed by atoms with Crippen molar-refractivity contribution >= 4 is 21.6 Å². The molecule has 0 radical (unpaired) electrons. The lowest BCUT2D eigenvalue weighted by Gasteiger charge is -2.37. The summed E-state index contributed by atoms with van der Waals surface area (Å²) >= 11 is 1.78. The van der Waals surface area contributed by atoms with Gasteiger partial charge in [0.05, 0.1) is 16.8 Å². The number of hydrogen-bond donors (Lipinski definition) is 1. The van der Waals surface area contributed by atoms with Gasteiger partial charge in [-0.2, -0.15) is 0 Å². The molecule has 108 valence electrons. The lowest BCUT2D eigenvalue weighted by atomic mass is 9.72. The predicted molar refractivity (Wildman–Crippen MR) is 84.6 cm³/mol. The van der Waals surface area contributed by atoms with E-state index in [4.69, 9.17) is 15.5 Å². The van der Waals surface area contributed by atoms with E-state index in [-0.39, 0.29) is 11.5 Å². The number of benzene rings is 1. The molecule has 1 aliphatic rings. The van der Waals surface area contributed by atoms with E-state index in [1.807, 2.05) is 13.0 Å². The maximum atomic E-state index is 6.39. The topological polar surface area (TPSA) is 48.1 Å². The molecule has 0 amide bonds. The minimum Gasteiger partial charge on any atom is -0.494 e. The van der Waals surface area contributed by atoms with Crippen LogP contribution in [0.1, 0.15) is 44.5 Å². The number of rotatable bonds is 3. The van der Waals surface area contributed by atoms with E-state index in [1.54, 1.807) is 11.3 Å². The molecule has 20 heavy (non-hydrogen) atoms. The quantitative estimate of drug-likeness (QED) is 0.934. The van der Waals surface area contributed by atoms with E-state index in [2.05, 4.69) is 19.1 Å². The summed E-state index contributed by atoms with van der Waals surface area (Å²) in [6.45, 7) is 4.97. The van der Waals surface area contributed by atoms with Crippen molar-refractivity contribution in [3.8, 4) is 5.75 Å². The molecular formula is C16H22N2OS. The van der Waals surface area contributed by atoms with E-state index in [9.17, 15) is 0 Å². The van der Waals surface area contributed by atoms with Crippen molar-refractivity contribution in [2.45, 2.75) is 51.0 Å². The number of aromatic nitrogens is 1. The van der Waals surface area contributed by atoms with Crippen LogP contribution in [0.25, 0.3) is 10.2 Å². The van der Waals surface area contributed by atoms with E-state index >= 15 is 0 Å². The van der Waals surface area contributed by atoms with Crippen LogP contribution in [0.5, 0.6) is 5.75 Å². The monoisotopic (exact) mass is 290 g/mol. The van der Waals surface area contributed by atoms with Crippen molar-refractivity contribution in [1.82, 2.24) is 4.98 Å². The van der Waals surface area contributed by atoms with Gasteiger partial charge in [-0.25, -0.2) is 4.98 Å². The maximum absolute atomic E-state index is 6.39. The number of nitrogens with zero attached hydrogens (tertiary/aromatic N) is 1. The largest absolute Gasteiger partial charge is 0.494 e. The van der Waals surface area contributed by atoms with Crippen LogP contribution < -0.4 is 10.5 Å². The third-order valence-electron chi connectivity index (χ3n) is 4.44. The summed E-state index contributed by atoms with van der Waals surface area (Å²) < 4.78 is 6.77. The molecule has 1 aliphatic carbocycles. The zero-order valence-corrected chi connectivity index (χ0v) is 13.0. The normalized spacial score (nSPS) is 26.9. The third kappa shape index (κ3) is 2.31. The van der Waals surface area contributed by atoms with Gasteiger partial charge in [-0.15, -0.1) is 11.3 Å². The number of nitrogens with two attached hydrogens (primary N) is 1. The van der Waals surface area contributed by atoms with Crippen LogP contribution in [0.4, 0.5) is 0 Å². The second-order valence-corrected chi connectivity index (χ2v) is 6.88. The van der Waals surface area contributed by atoms with E-state index < -0.39 is 0 Å². The number of ether oxygens (including phenoxy) is 1. The summed E-state index contributed by atoms with van der Waals surface area (Å²) in [7, 11) is 0. The Bertz CT molecular complexity index is 610. The smallest absolute Gasteiger partial charge is 0.120 e. The number of thiazole rings is 1. The Morgan fingerprint density at radius 2 is 2.30 bits per heavy atom. The highest BCUT2D eigenvalue weighted by molar-refractivity contribution is 7.18. The molecule has 4 heteroatoms. The maximum Gasteiger partial charge on any atom is 0.120 e. The van der Waals surface area contributed by atoms with Gasteiger partial charge in [0.1, 0.15) is 10.8 Å². The molecule has 0 spiro atoms. The Labute approximate surface area is 124 Å². The van der Waals surface area contributed by atoms with Crippen LogP contribution in [0.3, 0.4) is 0 Å². The standard InChI is InChI=1S/C16H22N2OS/c1-3-19-11-7-8-12-13(10-11)20-15(18-12)16(2)9-5-4-6-14(16)17/h7-8,10,14H,3-6,9,17H2,1-2H3. The molecule has 1 heterocycles. The average molecular weight is 290 g/mol. The second-order valence-electron chi connectivity index (χ2n) is 5.85. The lowest BCUT2D eigenvalue weighted by molar-refractivity contribution is 0.271. The van der Waals surface area contributed by atoms with Crippen LogP contribution in [0, 0.1) is 0 Å². The third-order valence-corrected chi connectivity index (χ3v) is 5.74. The predicted octanol–water partition coefficient (Wildman–Crippen LogP) is 3.85. The van der Waals surface area contributed by atoms with Gasteiger partial charge in [0.15, 0.2) is 0 Å². The minimum atomic E-state index is 0.0354. The molecule has 1 saturated carbocycles. The van der Waals surface area contributed by atoms with E-state index in [0.29, 0.717) is 6.61 Å². The molecule has 2 unspecified atom stereocenters. The Morgan fingerprint density at radius 1 is 1.45 bits per heavy atom. The van der Waals surface area contributed by atoms with Crippen LogP contribution in [0.15, 0.2) is 18.2 Å². The van der Waals surface area contributed by atoms with Crippen molar-refractivity contribution in [2.24, 2.45) is 5.73 Å². The summed E-state index contributed by atoms with van der Waals surface area (Å²) in [5, 5.41) is 1.19. The van der Waals surface area contributed by atoms with E-state index in [0.717, 1.165) is 24.1 Å². The summed E-state index contributed by atoms with van der Waals surface area (Å²) in [6, 6.07) is 6.37. The fourth-order valence-electron chi connectivity index (χ4n) is 3.03. The molecule has 2 aromatic rings. The first-order valence-corrected chi connectivity index (χ1v) is 8.24. The molecule has 2 N–H and O–H groups in total. The van der Waals surface area contributed by atoms with Crippen molar-refractivity contribution in [1.29, 1.82) is 0 Å². The Hall–Kier alpha value is -1.13. The van der Waals surface area contributed by atoms with Gasteiger partial charge in [-0.3, -0.25) is 0 Å². The van der Waals surface area contributed by atoms with Crippen molar-refractivity contribution in [3.63, 3.8) is 0 Å². The van der Waals surface area contributed by atoms with Crippen LogP contribution in [0.2, 0.25) is 0 Å². The Balaban J connectivity index is 1.99. The molecule has 0 saturated heterocycles. The summed E-state index contributed by atoms with van der Waals surface area (Å²) in [4.78, 5) is 4.84. The van der Waals surface area contributed by atoms with Crippen LogP contribution in [-0.2, 0) is 5.41 Å². The summed E-state index contributed by atoms with van der Waals surface area (Å²) in [5.41, 5.74) is 7.48. The molecule has 3 nitrogen and oxygen atoms in total. The van der Waals surface area contributed by atoms with Crippen molar-refractivity contribution < 1.29 is 4.74 Å². The molecule has 0 aliphatic heterocycles. The fourth-order valence-corrected chi connectivity index (χ4v) is 4.26. The molecule has 2 atom stereocenters. The molecule has 1 aromatic carbocycles. The van der Waals surface area contributed by atoms with Gasteiger partial charge in [0.25, 0.3) is 0 Å². The molecule has 1 aromatic heterocycles. The Kier molecular flexibility index (Phi) is 3.69. The molecule has 0 bridgehead atoms. The highest BCUT2D eigenvalue weighted by Gasteiger charge is 2.38. The number of fused-ring (bicyclic) bond motifs is 1. The minimum absolute atomic E-state index is 0.0354. The zero-order valence-electron chi connectivity index (χ0n) is 12.2. The first-order chi connectivity index (χ1) is 9.63. The highest BCUT2D eigenvalue weighted by atomic mass is 32.1. The number of hydrogen-bond acceptors (Lipinski definition) is 4. The Morgan fingerprint density at radius 3 is 3.05 bits per heavy atom. The molecular weight excluding hydrogens is 268 g/mol. The second kappa shape index (κ2) is 5.34. The van der Waals surface area contributed by atoms with Crippen LogP contribution in [-0.4, -0.2) is 17.6 Å². The summed E-state index contributed by atoms with van der Waals surface area (Å²) in [6.07, 6.45) is 4.75. The van der Waals surface area contributed by atoms with Gasteiger partial charge >= 0.3 is 0 Å². The van der Waals surface area contributed by atoms with Gasteiger partial charge in [-0.1, -0.05) is 19.8 Å². The molecule has 3 rings (SSSR count). The van der Waals surface area contributed by atoms with Gasteiger partial charge in [-0.05, 0) is 38.0 Å². The molecule has 1 fully saturated rings. The SMILES string of the molecule is CCOc1ccc2nc(C3(C)CCCCC3N)sc2c1. The lowest BCUT2D eigenvalue weighted by Crippen LogP contribution is -2.45. The highest BCUT2D eigenvalue weighted by Crippen LogP contribution is 2.41. The first-order valence-electron chi connectivity index (χ1n) is 7.43. The first kappa shape index (κ1) is 13.8. The average Bonchev–Trinajstić information content (AvgIpc) is 2.86. The van der Waals surface area contributed by atoms with Crippen LogP contribution >= 0.6 is 11.3 Å². The fraction of sp³-hybridized carbons (Fsp3) is 0.562. The zero-order chi connectivity index (χ0) is 14.2. The van der Waals surface area contributed by atoms with Gasteiger partial charge in [0.2, 0.25) is 0 Å². The van der Waals surface area contributed by atoms with Gasteiger partial charge in [0, 0.05) is 11.5 Å². The van der Waals surface area contributed by atoms with Gasteiger partial charge < -0.3 is 10.5 Å².